The lowest BCUT2D eigenvalue weighted by atomic mass is 10.2. The largest absolute Gasteiger partial charge is 0.484 e. The van der Waals surface area contributed by atoms with E-state index in [0.29, 0.717) is 13.2 Å². The Kier molecular flexibility index (Phi) is 5.06. The summed E-state index contributed by atoms with van der Waals surface area (Å²) in [5, 5.41) is 11.2. The summed E-state index contributed by atoms with van der Waals surface area (Å²) in [7, 11) is 1.90. The van der Waals surface area contributed by atoms with Crippen molar-refractivity contribution in [3.8, 4) is 5.75 Å². The second-order valence-corrected chi connectivity index (χ2v) is 4.72. The molecule has 0 aliphatic rings. The van der Waals surface area contributed by atoms with Gasteiger partial charge >= 0.3 is 0 Å². The molecule has 6 nitrogen and oxygen atoms in total. The number of nitrogens with one attached hydrogen (secondary N) is 1. The summed E-state index contributed by atoms with van der Waals surface area (Å²) < 4.78 is 7.67. The summed E-state index contributed by atoms with van der Waals surface area (Å²) in [6.45, 7) is 6.20. The molecule has 1 N–H and O–H groups in total. The number of hydrogen-bond acceptors (Lipinski definition) is 5. The Hall–Kier alpha value is -1.95. The van der Waals surface area contributed by atoms with Crippen molar-refractivity contribution in [1.29, 1.82) is 0 Å². The van der Waals surface area contributed by atoms with Crippen LogP contribution in [0.4, 0.5) is 0 Å². The van der Waals surface area contributed by atoms with Crippen LogP contribution in [0.5, 0.6) is 5.75 Å². The molecule has 0 aromatic carbocycles. The van der Waals surface area contributed by atoms with Crippen LogP contribution < -0.4 is 10.1 Å². The first-order valence-corrected chi connectivity index (χ1v) is 6.83. The van der Waals surface area contributed by atoms with Gasteiger partial charge in [0.25, 0.3) is 0 Å². The van der Waals surface area contributed by atoms with Gasteiger partial charge in [0.05, 0.1) is 5.69 Å². The van der Waals surface area contributed by atoms with Gasteiger partial charge in [0.15, 0.2) is 5.82 Å². The zero-order valence-corrected chi connectivity index (χ0v) is 12.3. The maximum atomic E-state index is 5.82. The lowest BCUT2D eigenvalue weighted by Crippen LogP contribution is -2.16. The third-order valence-corrected chi connectivity index (χ3v) is 2.95. The van der Waals surface area contributed by atoms with E-state index in [1.807, 2.05) is 30.7 Å². The van der Waals surface area contributed by atoms with E-state index < -0.39 is 0 Å². The molecule has 2 heterocycles. The minimum absolute atomic E-state index is 0.391. The quantitative estimate of drug-likeness (QED) is 0.777. The molecule has 0 atom stereocenters. The summed E-state index contributed by atoms with van der Waals surface area (Å²) >= 11 is 0. The van der Waals surface area contributed by atoms with E-state index in [4.69, 9.17) is 4.74 Å². The van der Waals surface area contributed by atoms with E-state index in [-0.39, 0.29) is 0 Å². The van der Waals surface area contributed by atoms with Gasteiger partial charge < -0.3 is 14.6 Å². The molecule has 0 aliphatic carbocycles. The first-order chi connectivity index (χ1) is 9.70. The predicted molar refractivity (Wildman–Crippen MR) is 76.3 cm³/mol. The maximum Gasteiger partial charge on any atom is 0.170 e. The van der Waals surface area contributed by atoms with Gasteiger partial charge in [-0.15, -0.1) is 10.2 Å². The zero-order valence-electron chi connectivity index (χ0n) is 12.3. The summed E-state index contributed by atoms with van der Waals surface area (Å²) in [6.07, 6.45) is 2.76. The van der Waals surface area contributed by atoms with Crippen molar-refractivity contribution in [2.75, 3.05) is 6.54 Å². The highest BCUT2D eigenvalue weighted by atomic mass is 16.5. The number of hydrogen-bond donors (Lipinski definition) is 1. The Balaban J connectivity index is 2.04. The Morgan fingerprint density at radius 1 is 1.35 bits per heavy atom. The molecule has 2 aromatic heterocycles. The third kappa shape index (κ3) is 3.77. The lowest BCUT2D eigenvalue weighted by molar-refractivity contribution is 0.285. The number of pyridine rings is 1. The molecule has 20 heavy (non-hydrogen) atoms. The molecule has 2 rings (SSSR count). The van der Waals surface area contributed by atoms with Crippen LogP contribution >= 0.6 is 0 Å². The molecule has 6 heteroatoms. The molecule has 0 bridgehead atoms. The Labute approximate surface area is 119 Å². The Morgan fingerprint density at radius 3 is 2.90 bits per heavy atom. The van der Waals surface area contributed by atoms with Crippen LogP contribution in [0.25, 0.3) is 0 Å². The monoisotopic (exact) mass is 275 g/mol. The van der Waals surface area contributed by atoms with Gasteiger partial charge in [-0.25, -0.2) is 0 Å². The van der Waals surface area contributed by atoms with Gasteiger partial charge in [0.1, 0.15) is 18.7 Å². The van der Waals surface area contributed by atoms with Gasteiger partial charge in [-0.3, -0.25) is 4.98 Å². The Morgan fingerprint density at radius 2 is 2.20 bits per heavy atom. The van der Waals surface area contributed by atoms with Crippen LogP contribution in [0.1, 0.15) is 30.6 Å². The average Bonchev–Trinajstić information content (AvgIpc) is 2.84. The van der Waals surface area contributed by atoms with Crippen LogP contribution in [0, 0.1) is 6.92 Å². The minimum atomic E-state index is 0.391. The second-order valence-electron chi connectivity index (χ2n) is 4.72. The van der Waals surface area contributed by atoms with Crippen LogP contribution in [-0.4, -0.2) is 26.3 Å². The smallest absolute Gasteiger partial charge is 0.170 e. The van der Waals surface area contributed by atoms with Gasteiger partial charge in [0.2, 0.25) is 0 Å². The van der Waals surface area contributed by atoms with Crippen LogP contribution in [0.3, 0.4) is 0 Å². The highest BCUT2D eigenvalue weighted by Gasteiger charge is 2.08. The molecular formula is C14H21N5O. The fourth-order valence-corrected chi connectivity index (χ4v) is 1.82. The van der Waals surface area contributed by atoms with E-state index in [9.17, 15) is 0 Å². The first-order valence-electron chi connectivity index (χ1n) is 6.83. The summed E-state index contributed by atoms with van der Waals surface area (Å²) in [4.78, 5) is 4.54. The summed E-state index contributed by atoms with van der Waals surface area (Å²) in [6, 6.07) is 3.91. The molecule has 0 unspecified atom stereocenters. The minimum Gasteiger partial charge on any atom is -0.484 e. The van der Waals surface area contributed by atoms with Crippen LogP contribution in [0.2, 0.25) is 0 Å². The average molecular weight is 275 g/mol. The molecule has 0 fully saturated rings. The van der Waals surface area contributed by atoms with E-state index >= 15 is 0 Å². The normalized spacial score (nSPS) is 10.8. The summed E-state index contributed by atoms with van der Waals surface area (Å²) in [5.41, 5.74) is 1.92. The van der Waals surface area contributed by atoms with Crippen molar-refractivity contribution in [2.45, 2.75) is 33.4 Å². The van der Waals surface area contributed by atoms with Gasteiger partial charge in [-0.05, 0) is 32.0 Å². The Bertz CT molecular complexity index is 552. The molecule has 2 aromatic rings. The molecule has 0 saturated heterocycles. The molecule has 0 saturated carbocycles. The molecule has 0 radical (unpaired) electrons. The number of ether oxygens (including phenoxy) is 1. The van der Waals surface area contributed by atoms with Crippen LogP contribution in [0.15, 0.2) is 18.5 Å². The standard InChI is InChI=1S/C14H21N5O/c1-4-7-15-8-12-13(6-5-11(2)17-12)20-9-14-18-16-10-19(14)3/h5-6,10,15H,4,7-9H2,1-3H3. The van der Waals surface area contributed by atoms with Crippen molar-refractivity contribution in [2.24, 2.45) is 7.05 Å². The van der Waals surface area contributed by atoms with Crippen molar-refractivity contribution < 1.29 is 4.74 Å². The van der Waals surface area contributed by atoms with E-state index in [0.717, 1.165) is 35.9 Å². The predicted octanol–water partition coefficient (Wildman–Crippen LogP) is 1.60. The third-order valence-electron chi connectivity index (χ3n) is 2.95. The van der Waals surface area contributed by atoms with Crippen molar-refractivity contribution in [3.63, 3.8) is 0 Å². The number of aryl methyl sites for hydroxylation is 2. The molecule has 0 amide bonds. The molecule has 108 valence electrons. The maximum absolute atomic E-state index is 5.82. The fraction of sp³-hybridized carbons (Fsp3) is 0.500. The lowest BCUT2D eigenvalue weighted by Gasteiger charge is -2.11. The van der Waals surface area contributed by atoms with E-state index in [1.165, 1.54) is 0 Å². The zero-order chi connectivity index (χ0) is 14.4. The first kappa shape index (κ1) is 14.5. The molecule has 0 aliphatic heterocycles. The molecular weight excluding hydrogens is 254 g/mol. The van der Waals surface area contributed by atoms with Crippen molar-refractivity contribution in [3.05, 3.63) is 35.7 Å². The topological polar surface area (TPSA) is 64.9 Å². The van der Waals surface area contributed by atoms with Crippen LogP contribution in [-0.2, 0) is 20.2 Å². The van der Waals surface area contributed by atoms with E-state index in [2.05, 4.69) is 27.4 Å². The van der Waals surface area contributed by atoms with Gasteiger partial charge in [-0.2, -0.15) is 0 Å². The number of aromatic nitrogens is 4. The fourth-order valence-electron chi connectivity index (χ4n) is 1.82. The van der Waals surface area contributed by atoms with Crippen molar-refractivity contribution in [1.82, 2.24) is 25.1 Å². The number of nitrogens with zero attached hydrogens (tertiary/aromatic N) is 4. The van der Waals surface area contributed by atoms with Crippen molar-refractivity contribution >= 4 is 0 Å². The highest BCUT2D eigenvalue weighted by Crippen LogP contribution is 2.18. The van der Waals surface area contributed by atoms with Gasteiger partial charge in [-0.1, -0.05) is 6.92 Å². The van der Waals surface area contributed by atoms with Gasteiger partial charge in [0, 0.05) is 19.3 Å². The SMILES string of the molecule is CCCNCc1nc(C)ccc1OCc1nncn1C. The number of rotatable bonds is 7. The van der Waals surface area contributed by atoms with E-state index in [1.54, 1.807) is 6.33 Å². The second kappa shape index (κ2) is 7.00. The molecule has 0 spiro atoms. The highest BCUT2D eigenvalue weighted by molar-refractivity contribution is 5.29. The summed E-state index contributed by atoms with van der Waals surface area (Å²) in [5.74, 6) is 1.58.